The molecule has 2 atom stereocenters. The molecule has 2 unspecified atom stereocenters. The Kier molecular flexibility index (Phi) is 10.4. The Balaban J connectivity index is 2.45. The minimum Gasteiger partial charge on any atom is -0.352 e. The molecule has 1 N–H and O–H groups in total. The third kappa shape index (κ3) is 8.08. The SMILES string of the molecule is CCC(C)NC(=O)C(CC)N(Cc1ccc(Cl)c(Cl)c1)C(=O)CN(c1ccc(F)cc1)S(C)(=O)=O. The first kappa shape index (κ1) is 28.9. The highest BCUT2D eigenvalue weighted by Crippen LogP contribution is 2.25. The van der Waals surface area contributed by atoms with Gasteiger partial charge in [0.2, 0.25) is 21.8 Å². The third-order valence-corrected chi connectivity index (χ3v) is 7.40. The van der Waals surface area contributed by atoms with E-state index < -0.39 is 34.3 Å². The van der Waals surface area contributed by atoms with Crippen molar-refractivity contribution in [3.8, 4) is 0 Å². The summed E-state index contributed by atoms with van der Waals surface area (Å²) in [5, 5.41) is 3.52. The Hall–Kier alpha value is -2.36. The van der Waals surface area contributed by atoms with Crippen LogP contribution < -0.4 is 9.62 Å². The maximum atomic E-state index is 13.6. The second-order valence-electron chi connectivity index (χ2n) is 8.26. The molecule has 0 spiro atoms. The number of amides is 2. The molecule has 2 aromatic rings. The van der Waals surface area contributed by atoms with Crippen LogP contribution in [0.4, 0.5) is 10.1 Å². The molecule has 192 valence electrons. The lowest BCUT2D eigenvalue weighted by Gasteiger charge is -2.33. The predicted octanol–water partition coefficient (Wildman–Crippen LogP) is 4.62. The molecule has 0 heterocycles. The molecule has 0 saturated heterocycles. The quantitative estimate of drug-likeness (QED) is 0.446. The van der Waals surface area contributed by atoms with E-state index in [0.717, 1.165) is 22.7 Å². The first-order valence-electron chi connectivity index (χ1n) is 11.1. The highest BCUT2D eigenvalue weighted by molar-refractivity contribution is 7.92. The number of nitrogens with zero attached hydrogens (tertiary/aromatic N) is 2. The number of hydrogen-bond donors (Lipinski definition) is 1. The molecule has 0 aliphatic carbocycles. The molecular formula is C24H30Cl2FN3O4S. The fourth-order valence-electron chi connectivity index (χ4n) is 3.42. The van der Waals surface area contributed by atoms with E-state index >= 15 is 0 Å². The Morgan fingerprint density at radius 2 is 1.66 bits per heavy atom. The fourth-order valence-corrected chi connectivity index (χ4v) is 4.59. The zero-order chi connectivity index (χ0) is 26.3. The molecule has 2 rings (SSSR count). The summed E-state index contributed by atoms with van der Waals surface area (Å²) in [6.07, 6.45) is 1.96. The van der Waals surface area contributed by atoms with Gasteiger partial charge in [-0.25, -0.2) is 12.8 Å². The number of nitrogens with one attached hydrogen (secondary N) is 1. The van der Waals surface area contributed by atoms with Crippen LogP contribution in [-0.4, -0.2) is 50.0 Å². The minimum atomic E-state index is -3.90. The van der Waals surface area contributed by atoms with Gasteiger partial charge in [0.15, 0.2) is 0 Å². The van der Waals surface area contributed by atoms with Crippen molar-refractivity contribution >= 4 is 50.7 Å². The van der Waals surface area contributed by atoms with E-state index in [9.17, 15) is 22.4 Å². The molecule has 0 radical (unpaired) electrons. The van der Waals surface area contributed by atoms with Crippen molar-refractivity contribution in [1.29, 1.82) is 0 Å². The normalized spacial score (nSPS) is 13.1. The van der Waals surface area contributed by atoms with E-state index in [0.29, 0.717) is 23.4 Å². The van der Waals surface area contributed by atoms with E-state index in [1.807, 2.05) is 13.8 Å². The van der Waals surface area contributed by atoms with Gasteiger partial charge in [0.05, 0.1) is 22.0 Å². The van der Waals surface area contributed by atoms with Crippen LogP contribution in [0.1, 0.15) is 39.2 Å². The van der Waals surface area contributed by atoms with E-state index in [1.54, 1.807) is 25.1 Å². The maximum Gasteiger partial charge on any atom is 0.244 e. The molecule has 11 heteroatoms. The van der Waals surface area contributed by atoms with E-state index in [1.165, 1.54) is 17.0 Å². The first-order chi connectivity index (χ1) is 16.4. The highest BCUT2D eigenvalue weighted by atomic mass is 35.5. The van der Waals surface area contributed by atoms with Crippen molar-refractivity contribution in [3.63, 3.8) is 0 Å². The summed E-state index contributed by atoms with van der Waals surface area (Å²) < 4.78 is 39.3. The lowest BCUT2D eigenvalue weighted by Crippen LogP contribution is -2.53. The topological polar surface area (TPSA) is 86.8 Å². The number of carbonyl (C=O) groups is 2. The summed E-state index contributed by atoms with van der Waals surface area (Å²) in [6.45, 7) is 4.99. The second-order valence-corrected chi connectivity index (χ2v) is 11.0. The first-order valence-corrected chi connectivity index (χ1v) is 13.7. The number of hydrogen-bond acceptors (Lipinski definition) is 4. The summed E-state index contributed by atoms with van der Waals surface area (Å²) in [7, 11) is -3.90. The summed E-state index contributed by atoms with van der Waals surface area (Å²) >= 11 is 12.2. The minimum absolute atomic E-state index is 0.00315. The summed E-state index contributed by atoms with van der Waals surface area (Å²) in [5.74, 6) is -1.48. The van der Waals surface area contributed by atoms with Crippen molar-refractivity contribution in [2.24, 2.45) is 0 Å². The standard InChI is InChI=1S/C24H30Cl2FN3O4S/c1-5-16(3)28-24(32)22(6-2)29(14-17-7-12-20(25)21(26)13-17)23(31)15-30(35(4,33)34)19-10-8-18(27)9-11-19/h7-13,16,22H,5-6,14-15H2,1-4H3,(H,28,32). The Morgan fingerprint density at radius 1 is 1.03 bits per heavy atom. The van der Waals surface area contributed by atoms with Crippen LogP contribution in [0.5, 0.6) is 0 Å². The maximum absolute atomic E-state index is 13.6. The third-order valence-electron chi connectivity index (χ3n) is 5.52. The van der Waals surface area contributed by atoms with Crippen molar-refractivity contribution in [3.05, 3.63) is 63.9 Å². The van der Waals surface area contributed by atoms with Crippen LogP contribution in [0.15, 0.2) is 42.5 Å². The Morgan fingerprint density at radius 3 is 2.17 bits per heavy atom. The molecule has 0 bridgehead atoms. The average Bonchev–Trinajstić information content (AvgIpc) is 2.79. The van der Waals surface area contributed by atoms with Crippen LogP contribution in [0, 0.1) is 5.82 Å². The van der Waals surface area contributed by atoms with Crippen LogP contribution in [0.25, 0.3) is 0 Å². The largest absolute Gasteiger partial charge is 0.352 e. The molecule has 0 aliphatic heterocycles. The van der Waals surface area contributed by atoms with Crippen molar-refractivity contribution in [2.75, 3.05) is 17.1 Å². The zero-order valence-corrected chi connectivity index (χ0v) is 22.4. The van der Waals surface area contributed by atoms with Crippen LogP contribution in [-0.2, 0) is 26.2 Å². The highest BCUT2D eigenvalue weighted by Gasteiger charge is 2.32. The fraction of sp³-hybridized carbons (Fsp3) is 0.417. The van der Waals surface area contributed by atoms with Gasteiger partial charge >= 0.3 is 0 Å². The molecule has 0 aliphatic rings. The molecule has 2 aromatic carbocycles. The number of anilines is 1. The van der Waals surface area contributed by atoms with Gasteiger partial charge in [0.1, 0.15) is 18.4 Å². The van der Waals surface area contributed by atoms with Crippen LogP contribution in [0.2, 0.25) is 10.0 Å². The van der Waals surface area contributed by atoms with Crippen molar-refractivity contribution in [1.82, 2.24) is 10.2 Å². The van der Waals surface area contributed by atoms with E-state index in [2.05, 4.69) is 5.32 Å². The van der Waals surface area contributed by atoms with E-state index in [-0.39, 0.29) is 29.2 Å². The van der Waals surface area contributed by atoms with Crippen LogP contribution in [0.3, 0.4) is 0 Å². The summed E-state index contributed by atoms with van der Waals surface area (Å²) in [4.78, 5) is 28.0. The molecule has 7 nitrogen and oxygen atoms in total. The van der Waals surface area contributed by atoms with E-state index in [4.69, 9.17) is 23.2 Å². The number of sulfonamides is 1. The molecular weight excluding hydrogens is 516 g/mol. The molecule has 0 fully saturated rings. The van der Waals surface area contributed by atoms with Crippen LogP contribution >= 0.6 is 23.2 Å². The molecule has 0 aromatic heterocycles. The van der Waals surface area contributed by atoms with Gasteiger partial charge in [0, 0.05) is 12.6 Å². The average molecular weight is 546 g/mol. The number of benzene rings is 2. The van der Waals surface area contributed by atoms with Gasteiger partial charge in [0.25, 0.3) is 0 Å². The number of halogens is 3. The lowest BCUT2D eigenvalue weighted by atomic mass is 10.1. The van der Waals surface area contributed by atoms with Gasteiger partial charge in [-0.3, -0.25) is 13.9 Å². The van der Waals surface area contributed by atoms with Crippen molar-refractivity contribution < 1.29 is 22.4 Å². The van der Waals surface area contributed by atoms with Gasteiger partial charge in [-0.2, -0.15) is 0 Å². The molecule has 0 saturated carbocycles. The number of carbonyl (C=O) groups excluding carboxylic acids is 2. The summed E-state index contributed by atoms with van der Waals surface area (Å²) in [5.41, 5.74) is 0.754. The zero-order valence-electron chi connectivity index (χ0n) is 20.1. The van der Waals surface area contributed by atoms with Gasteiger partial charge in [-0.05, 0) is 61.7 Å². The van der Waals surface area contributed by atoms with Gasteiger partial charge in [-0.15, -0.1) is 0 Å². The Labute approximate surface area is 216 Å². The second kappa shape index (κ2) is 12.6. The van der Waals surface area contributed by atoms with Gasteiger partial charge < -0.3 is 10.2 Å². The Bertz CT molecular complexity index is 1150. The monoisotopic (exact) mass is 545 g/mol. The molecule has 2 amide bonds. The molecule has 35 heavy (non-hydrogen) atoms. The smallest absolute Gasteiger partial charge is 0.244 e. The van der Waals surface area contributed by atoms with Gasteiger partial charge in [-0.1, -0.05) is 43.1 Å². The lowest BCUT2D eigenvalue weighted by molar-refractivity contribution is -0.140. The van der Waals surface area contributed by atoms with Crippen molar-refractivity contribution in [2.45, 2.75) is 52.2 Å². The summed E-state index contributed by atoms with van der Waals surface area (Å²) in [6, 6.07) is 8.67. The number of rotatable bonds is 11. The predicted molar refractivity (Wildman–Crippen MR) is 138 cm³/mol.